The molecular weight excluding hydrogens is 240 g/mol. The molecule has 1 rings (SSSR count). The highest BCUT2D eigenvalue weighted by Crippen LogP contribution is 2.14. The van der Waals surface area contributed by atoms with E-state index in [-0.39, 0.29) is 11.7 Å². The highest BCUT2D eigenvalue weighted by molar-refractivity contribution is 5.87. The van der Waals surface area contributed by atoms with E-state index in [0.29, 0.717) is 5.76 Å². The average molecular weight is 258 g/mol. The van der Waals surface area contributed by atoms with Crippen LogP contribution in [0.25, 0.3) is 0 Å². The van der Waals surface area contributed by atoms with Crippen LogP contribution >= 0.6 is 0 Å². The number of ether oxygens (including phenoxy) is 1. The molecule has 0 heterocycles. The van der Waals surface area contributed by atoms with Crippen LogP contribution in [0.4, 0.5) is 0 Å². The van der Waals surface area contributed by atoms with Gasteiger partial charge in [-0.15, -0.1) is 0 Å². The number of aliphatic carboxylic acids is 1. The Morgan fingerprint density at radius 3 is 2.32 bits per heavy atom. The Kier molecular flexibility index (Phi) is 6.16. The van der Waals surface area contributed by atoms with Crippen LogP contribution in [-0.2, 0) is 9.53 Å². The molecule has 0 bridgehead atoms. The third-order valence-corrected chi connectivity index (χ3v) is 2.44. The van der Waals surface area contributed by atoms with E-state index in [2.05, 4.69) is 0 Å². The van der Waals surface area contributed by atoms with Crippen molar-refractivity contribution in [2.24, 2.45) is 0 Å². The van der Waals surface area contributed by atoms with Gasteiger partial charge in [0.25, 0.3) is 0 Å². The number of carboxylic acids is 1. The molecule has 0 fully saturated rings. The summed E-state index contributed by atoms with van der Waals surface area (Å²) in [6.07, 6.45) is 18.1. The van der Waals surface area contributed by atoms with Crippen molar-refractivity contribution in [3.8, 4) is 0 Å². The van der Waals surface area contributed by atoms with Crippen LogP contribution in [0.15, 0.2) is 72.1 Å². The van der Waals surface area contributed by atoms with Gasteiger partial charge in [0.05, 0.1) is 5.57 Å². The summed E-state index contributed by atoms with van der Waals surface area (Å²) in [5, 5.41) is 9.06. The molecule has 0 saturated heterocycles. The zero-order chi connectivity index (χ0) is 14.1. The Hall–Kier alpha value is -2.29. The molecule has 0 unspecified atom stereocenters. The fourth-order valence-electron chi connectivity index (χ4n) is 1.38. The molecule has 3 heteroatoms. The average Bonchev–Trinajstić information content (AvgIpc) is 2.65. The number of carbonyl (C=O) groups is 1. The largest absolute Gasteiger partial charge is 0.482 e. The summed E-state index contributed by atoms with van der Waals surface area (Å²) in [6, 6.07) is 0. The maximum Gasteiger partial charge on any atom is 0.335 e. The summed E-state index contributed by atoms with van der Waals surface area (Å²) in [5.41, 5.74) is 0.180. The van der Waals surface area contributed by atoms with Gasteiger partial charge in [-0.05, 0) is 32.1 Å². The van der Waals surface area contributed by atoms with E-state index < -0.39 is 5.97 Å². The molecule has 1 aliphatic rings. The van der Waals surface area contributed by atoms with Crippen LogP contribution in [0, 0.1) is 0 Å². The summed E-state index contributed by atoms with van der Waals surface area (Å²) >= 11 is 0. The Morgan fingerprint density at radius 1 is 1.16 bits per heavy atom. The molecule has 1 N–H and O–H groups in total. The maximum atomic E-state index is 11.0. The number of rotatable bonds is 5. The first-order valence-corrected chi connectivity index (χ1v) is 6.07. The molecule has 0 atom stereocenters. The smallest absolute Gasteiger partial charge is 0.335 e. The molecule has 0 aliphatic heterocycles. The first-order chi connectivity index (χ1) is 9.15. The van der Waals surface area contributed by atoms with Crippen molar-refractivity contribution in [1.29, 1.82) is 0 Å². The highest BCUT2D eigenvalue weighted by atomic mass is 16.5. The number of hydrogen-bond acceptors (Lipinski definition) is 2. The van der Waals surface area contributed by atoms with Crippen LogP contribution < -0.4 is 0 Å². The van der Waals surface area contributed by atoms with Gasteiger partial charge in [0, 0.05) is 0 Å². The first-order valence-electron chi connectivity index (χ1n) is 6.07. The van der Waals surface area contributed by atoms with E-state index in [4.69, 9.17) is 9.84 Å². The maximum absolute atomic E-state index is 11.0. The molecule has 0 spiro atoms. The van der Waals surface area contributed by atoms with Crippen LogP contribution in [0.1, 0.15) is 13.8 Å². The molecule has 0 aromatic heterocycles. The Bertz CT molecular complexity index is 472. The number of allylic oxidation sites excluding steroid dienone is 8. The monoisotopic (exact) mass is 258 g/mol. The number of carboxylic acid groups (broad SMARTS) is 1. The Balaban J connectivity index is 2.92. The predicted molar refractivity (Wildman–Crippen MR) is 76.6 cm³/mol. The van der Waals surface area contributed by atoms with Crippen molar-refractivity contribution < 1.29 is 14.6 Å². The lowest BCUT2D eigenvalue weighted by molar-refractivity contribution is -0.132. The molecule has 19 heavy (non-hydrogen) atoms. The van der Waals surface area contributed by atoms with Gasteiger partial charge in [0.15, 0.2) is 0 Å². The zero-order valence-electron chi connectivity index (χ0n) is 11.1. The van der Waals surface area contributed by atoms with Gasteiger partial charge in [0.2, 0.25) is 0 Å². The summed E-state index contributed by atoms with van der Waals surface area (Å²) in [5.74, 6) is -0.633. The molecule has 0 aromatic carbocycles. The van der Waals surface area contributed by atoms with Crippen molar-refractivity contribution >= 4 is 5.97 Å². The third-order valence-electron chi connectivity index (χ3n) is 2.44. The molecular formula is C16H18O3. The van der Waals surface area contributed by atoms with Crippen LogP contribution in [-0.4, -0.2) is 17.2 Å². The van der Waals surface area contributed by atoms with Gasteiger partial charge in [-0.3, -0.25) is 0 Å². The van der Waals surface area contributed by atoms with Crippen molar-refractivity contribution in [3.05, 3.63) is 72.1 Å². The van der Waals surface area contributed by atoms with Crippen LogP contribution in [0.3, 0.4) is 0 Å². The van der Waals surface area contributed by atoms with Crippen molar-refractivity contribution in [2.45, 2.75) is 20.0 Å². The first kappa shape index (κ1) is 14.8. The van der Waals surface area contributed by atoms with E-state index in [1.807, 2.05) is 55.5 Å². The van der Waals surface area contributed by atoms with E-state index >= 15 is 0 Å². The molecule has 100 valence electrons. The molecule has 0 amide bonds. The van der Waals surface area contributed by atoms with Gasteiger partial charge in [0.1, 0.15) is 11.9 Å². The molecule has 3 nitrogen and oxygen atoms in total. The lowest BCUT2D eigenvalue weighted by atomic mass is 10.2. The lowest BCUT2D eigenvalue weighted by Crippen LogP contribution is -2.09. The normalized spacial score (nSPS) is 16.9. The molecule has 0 radical (unpaired) electrons. The van der Waals surface area contributed by atoms with E-state index in [9.17, 15) is 4.79 Å². The molecule has 0 saturated carbocycles. The third kappa shape index (κ3) is 5.25. The second kappa shape index (κ2) is 7.93. The second-order valence-electron chi connectivity index (χ2n) is 3.92. The topological polar surface area (TPSA) is 46.5 Å². The minimum atomic E-state index is -0.986. The summed E-state index contributed by atoms with van der Waals surface area (Å²) in [7, 11) is 0. The zero-order valence-corrected chi connectivity index (χ0v) is 11.1. The fraction of sp³-hybridized carbons (Fsp3) is 0.188. The summed E-state index contributed by atoms with van der Waals surface area (Å²) in [4.78, 5) is 11.0. The van der Waals surface area contributed by atoms with Crippen LogP contribution in [0.5, 0.6) is 0 Å². The predicted octanol–water partition coefficient (Wildman–Crippen LogP) is 3.54. The quantitative estimate of drug-likeness (QED) is 0.466. The van der Waals surface area contributed by atoms with Crippen molar-refractivity contribution in [2.75, 3.05) is 0 Å². The lowest BCUT2D eigenvalue weighted by Gasteiger charge is -2.14. The van der Waals surface area contributed by atoms with E-state index in [0.717, 1.165) is 0 Å². The van der Waals surface area contributed by atoms with Gasteiger partial charge < -0.3 is 9.84 Å². The van der Waals surface area contributed by atoms with Crippen molar-refractivity contribution in [1.82, 2.24) is 0 Å². The van der Waals surface area contributed by atoms with Gasteiger partial charge in [-0.25, -0.2) is 4.79 Å². The minimum Gasteiger partial charge on any atom is -0.482 e. The van der Waals surface area contributed by atoms with Gasteiger partial charge in [-0.2, -0.15) is 0 Å². The molecule has 1 aliphatic carbocycles. The second-order valence-corrected chi connectivity index (χ2v) is 3.92. The van der Waals surface area contributed by atoms with Gasteiger partial charge >= 0.3 is 5.97 Å². The Morgan fingerprint density at radius 2 is 1.79 bits per heavy atom. The number of hydrogen-bond donors (Lipinski definition) is 1. The minimum absolute atomic E-state index is 0.180. The SMILES string of the molecule is C\C=C/C=C\C(OC1C=CC=CC=C1)=C(/C)C(=O)O. The summed E-state index contributed by atoms with van der Waals surface area (Å²) < 4.78 is 5.71. The van der Waals surface area contributed by atoms with Crippen LogP contribution in [0.2, 0.25) is 0 Å². The van der Waals surface area contributed by atoms with Crippen molar-refractivity contribution in [3.63, 3.8) is 0 Å². The highest BCUT2D eigenvalue weighted by Gasteiger charge is 2.11. The van der Waals surface area contributed by atoms with E-state index in [1.165, 1.54) is 6.92 Å². The fourth-order valence-corrected chi connectivity index (χ4v) is 1.38. The van der Waals surface area contributed by atoms with E-state index in [1.54, 1.807) is 12.2 Å². The standard InChI is InChI=1S/C16H18O3/c1-3-4-7-12-15(13(2)16(17)18)19-14-10-8-5-6-9-11-14/h3-12,14H,1-2H3,(H,17,18)/b4-3-,12-7-,15-13-. The molecule has 0 aromatic rings. The Labute approximate surface area is 113 Å². The summed E-state index contributed by atoms with van der Waals surface area (Å²) in [6.45, 7) is 3.42. The van der Waals surface area contributed by atoms with Gasteiger partial charge in [-0.1, -0.05) is 42.5 Å².